The summed E-state index contributed by atoms with van der Waals surface area (Å²) >= 11 is 0. The Morgan fingerprint density at radius 2 is 2.05 bits per heavy atom. The lowest BCUT2D eigenvalue weighted by molar-refractivity contribution is 0.247. The minimum atomic E-state index is 0.000798. The Bertz CT molecular complexity index is 449. The van der Waals surface area contributed by atoms with Gasteiger partial charge in [-0.3, -0.25) is 4.90 Å². The Hall–Kier alpha value is -1.10. The molecule has 0 amide bonds. The first-order valence-corrected chi connectivity index (χ1v) is 7.89. The molecular weight excluding hydrogens is 262 g/mol. The zero-order valence-corrected chi connectivity index (χ0v) is 13.7. The zero-order chi connectivity index (χ0) is 15.4. The van der Waals surface area contributed by atoms with Crippen LogP contribution in [0.5, 0.6) is 5.75 Å². The summed E-state index contributed by atoms with van der Waals surface area (Å²) in [5.41, 5.74) is 7.55. The third-order valence-electron chi connectivity index (χ3n) is 4.38. The van der Waals surface area contributed by atoms with E-state index in [2.05, 4.69) is 36.9 Å². The lowest BCUT2D eigenvalue weighted by atomic mass is 10.1. The highest BCUT2D eigenvalue weighted by Crippen LogP contribution is 2.27. The summed E-state index contributed by atoms with van der Waals surface area (Å²) in [6.07, 6.45) is 0. The van der Waals surface area contributed by atoms with Gasteiger partial charge in [0.05, 0.1) is 6.61 Å². The van der Waals surface area contributed by atoms with Gasteiger partial charge in [-0.2, -0.15) is 0 Å². The summed E-state index contributed by atoms with van der Waals surface area (Å²) in [5.74, 6) is 1.61. The lowest BCUT2D eigenvalue weighted by Crippen LogP contribution is -2.36. The second-order valence-corrected chi connectivity index (χ2v) is 6.30. The molecule has 1 fully saturated rings. The van der Waals surface area contributed by atoms with Gasteiger partial charge in [0.25, 0.3) is 0 Å². The fraction of sp³-hybridized carbons (Fsp3) is 0.647. The van der Waals surface area contributed by atoms with Gasteiger partial charge in [0.15, 0.2) is 0 Å². The molecule has 1 aromatic carbocycles. The molecule has 0 saturated carbocycles. The number of hydrogen-bond donors (Lipinski definition) is 1. The number of benzene rings is 1. The molecule has 1 aliphatic rings. The molecule has 0 radical (unpaired) electrons. The van der Waals surface area contributed by atoms with Gasteiger partial charge in [-0.1, -0.05) is 25.1 Å². The molecule has 1 heterocycles. The number of para-hydroxylation sites is 1. The van der Waals surface area contributed by atoms with Gasteiger partial charge in [-0.05, 0) is 33.0 Å². The number of likely N-dealkylation sites (N-methyl/N-ethyl adjacent to an activating group) is 1. The molecule has 3 unspecified atom stereocenters. The maximum atomic E-state index is 6.44. The van der Waals surface area contributed by atoms with E-state index in [4.69, 9.17) is 10.5 Å². The predicted octanol–water partition coefficient (Wildman–Crippen LogP) is 1.97. The molecule has 4 heteroatoms. The Labute approximate surface area is 128 Å². The Balaban J connectivity index is 2.01. The zero-order valence-electron chi connectivity index (χ0n) is 13.7. The molecule has 3 atom stereocenters. The number of rotatable bonds is 6. The van der Waals surface area contributed by atoms with E-state index in [1.807, 2.05) is 25.1 Å². The quantitative estimate of drug-likeness (QED) is 0.870. The minimum Gasteiger partial charge on any atom is -0.494 e. The van der Waals surface area contributed by atoms with Crippen LogP contribution in [0.25, 0.3) is 0 Å². The monoisotopic (exact) mass is 291 g/mol. The van der Waals surface area contributed by atoms with E-state index < -0.39 is 0 Å². The second-order valence-electron chi connectivity index (χ2n) is 6.30. The van der Waals surface area contributed by atoms with Crippen molar-refractivity contribution in [3.63, 3.8) is 0 Å². The minimum absolute atomic E-state index is 0.000798. The van der Waals surface area contributed by atoms with Crippen LogP contribution < -0.4 is 10.5 Å². The summed E-state index contributed by atoms with van der Waals surface area (Å²) < 4.78 is 5.70. The molecule has 4 nitrogen and oxygen atoms in total. The van der Waals surface area contributed by atoms with Gasteiger partial charge in [-0.25, -0.2) is 0 Å². The molecular formula is C17H29N3O. The van der Waals surface area contributed by atoms with Crippen LogP contribution in [-0.4, -0.2) is 56.2 Å². The molecule has 1 aliphatic heterocycles. The van der Waals surface area contributed by atoms with Gasteiger partial charge < -0.3 is 15.4 Å². The first kappa shape index (κ1) is 16.3. The summed E-state index contributed by atoms with van der Waals surface area (Å²) in [6, 6.07) is 8.75. The van der Waals surface area contributed by atoms with Crippen LogP contribution in [-0.2, 0) is 0 Å². The van der Waals surface area contributed by atoms with Crippen molar-refractivity contribution >= 4 is 0 Å². The largest absolute Gasteiger partial charge is 0.494 e. The van der Waals surface area contributed by atoms with Crippen molar-refractivity contribution in [3.8, 4) is 5.75 Å². The topological polar surface area (TPSA) is 41.7 Å². The highest BCUT2D eigenvalue weighted by molar-refractivity contribution is 5.36. The van der Waals surface area contributed by atoms with Crippen molar-refractivity contribution in [2.75, 3.05) is 40.3 Å². The second kappa shape index (κ2) is 7.25. The van der Waals surface area contributed by atoms with E-state index in [-0.39, 0.29) is 6.04 Å². The molecule has 0 aromatic heterocycles. The van der Waals surface area contributed by atoms with Crippen molar-refractivity contribution in [1.82, 2.24) is 9.80 Å². The first-order valence-electron chi connectivity index (χ1n) is 7.89. The molecule has 0 bridgehead atoms. The van der Waals surface area contributed by atoms with Crippen LogP contribution in [0, 0.1) is 5.92 Å². The Morgan fingerprint density at radius 3 is 2.67 bits per heavy atom. The molecule has 0 aliphatic carbocycles. The summed E-state index contributed by atoms with van der Waals surface area (Å²) in [7, 11) is 4.32. The van der Waals surface area contributed by atoms with Gasteiger partial charge in [0, 0.05) is 37.3 Å². The highest BCUT2D eigenvalue weighted by Gasteiger charge is 2.31. The molecule has 21 heavy (non-hydrogen) atoms. The number of ether oxygens (including phenoxy) is 1. The van der Waals surface area contributed by atoms with Crippen molar-refractivity contribution in [1.29, 1.82) is 0 Å². The Morgan fingerprint density at radius 1 is 1.33 bits per heavy atom. The average Bonchev–Trinajstić information content (AvgIpc) is 2.80. The van der Waals surface area contributed by atoms with Crippen molar-refractivity contribution < 1.29 is 4.74 Å². The van der Waals surface area contributed by atoms with E-state index in [0.717, 1.165) is 30.9 Å². The van der Waals surface area contributed by atoms with Crippen LogP contribution in [0.4, 0.5) is 0 Å². The van der Waals surface area contributed by atoms with Gasteiger partial charge in [0.2, 0.25) is 0 Å². The first-order chi connectivity index (χ1) is 10.0. The van der Waals surface area contributed by atoms with Gasteiger partial charge >= 0.3 is 0 Å². The number of nitrogens with zero attached hydrogens (tertiary/aromatic N) is 2. The van der Waals surface area contributed by atoms with E-state index >= 15 is 0 Å². The fourth-order valence-corrected chi connectivity index (χ4v) is 3.32. The van der Waals surface area contributed by atoms with Crippen LogP contribution >= 0.6 is 0 Å². The van der Waals surface area contributed by atoms with Gasteiger partial charge in [0.1, 0.15) is 5.75 Å². The number of nitrogens with two attached hydrogens (primary N) is 1. The summed E-state index contributed by atoms with van der Waals surface area (Å²) in [6.45, 7) is 8.11. The van der Waals surface area contributed by atoms with E-state index in [9.17, 15) is 0 Å². The summed E-state index contributed by atoms with van der Waals surface area (Å²) in [5, 5.41) is 0. The van der Waals surface area contributed by atoms with E-state index in [1.165, 1.54) is 0 Å². The van der Waals surface area contributed by atoms with Gasteiger partial charge in [-0.15, -0.1) is 0 Å². The van der Waals surface area contributed by atoms with Crippen molar-refractivity contribution in [3.05, 3.63) is 29.8 Å². The van der Waals surface area contributed by atoms with E-state index in [0.29, 0.717) is 18.6 Å². The maximum absolute atomic E-state index is 6.44. The predicted molar refractivity (Wildman–Crippen MR) is 87.6 cm³/mol. The fourth-order valence-electron chi connectivity index (χ4n) is 3.32. The maximum Gasteiger partial charge on any atom is 0.124 e. The SMILES string of the molecule is CCOc1ccccc1C(N)CN1CC(C)C(N(C)C)C1. The number of hydrogen-bond acceptors (Lipinski definition) is 4. The van der Waals surface area contributed by atoms with Crippen LogP contribution in [0.2, 0.25) is 0 Å². The normalized spacial score (nSPS) is 24.5. The van der Waals surface area contributed by atoms with E-state index in [1.54, 1.807) is 0 Å². The van der Waals surface area contributed by atoms with Crippen LogP contribution in [0.3, 0.4) is 0 Å². The molecule has 0 spiro atoms. The smallest absolute Gasteiger partial charge is 0.124 e. The third kappa shape index (κ3) is 3.96. The van der Waals surface area contributed by atoms with Crippen molar-refractivity contribution in [2.24, 2.45) is 11.7 Å². The average molecular weight is 291 g/mol. The molecule has 1 aromatic rings. The Kier molecular flexibility index (Phi) is 5.62. The standard InChI is InChI=1S/C17H29N3O/c1-5-21-17-9-7-6-8-14(17)15(18)11-20-10-13(2)16(12-20)19(3)4/h6-9,13,15-16H,5,10-12,18H2,1-4H3. The molecule has 2 N–H and O–H groups in total. The molecule has 2 rings (SSSR count). The van der Waals surface area contributed by atoms with Crippen LogP contribution in [0.1, 0.15) is 25.5 Å². The highest BCUT2D eigenvalue weighted by atomic mass is 16.5. The molecule has 1 saturated heterocycles. The number of likely N-dealkylation sites (tertiary alicyclic amines) is 1. The lowest BCUT2D eigenvalue weighted by Gasteiger charge is -2.24. The summed E-state index contributed by atoms with van der Waals surface area (Å²) in [4.78, 5) is 4.80. The third-order valence-corrected chi connectivity index (χ3v) is 4.38. The van der Waals surface area contributed by atoms with Crippen LogP contribution in [0.15, 0.2) is 24.3 Å². The van der Waals surface area contributed by atoms with Crippen molar-refractivity contribution in [2.45, 2.75) is 25.9 Å². The molecule has 118 valence electrons.